The van der Waals surface area contributed by atoms with Crippen molar-refractivity contribution in [2.24, 2.45) is 0 Å². The molecule has 1 aliphatic heterocycles. The zero-order valence-electron chi connectivity index (χ0n) is 8.47. The lowest BCUT2D eigenvalue weighted by molar-refractivity contribution is 0.176. The fourth-order valence-corrected chi connectivity index (χ4v) is 2.13. The van der Waals surface area contributed by atoms with E-state index in [-0.39, 0.29) is 6.10 Å². The molecular weight excluding hydrogens is 192 g/mol. The molecule has 0 amide bonds. The van der Waals surface area contributed by atoms with Gasteiger partial charge >= 0.3 is 0 Å². The lowest BCUT2D eigenvalue weighted by atomic mass is 10.3. The molecule has 2 aromatic rings. The number of aliphatic hydroxyl groups excluding tert-OH is 1. The molecule has 15 heavy (non-hydrogen) atoms. The highest BCUT2D eigenvalue weighted by molar-refractivity contribution is 5.78. The summed E-state index contributed by atoms with van der Waals surface area (Å²) < 4.78 is 7.21. The number of benzene rings is 1. The second kappa shape index (κ2) is 2.97. The van der Waals surface area contributed by atoms with Crippen LogP contribution in [0.25, 0.3) is 11.0 Å². The zero-order valence-corrected chi connectivity index (χ0v) is 8.47. The van der Waals surface area contributed by atoms with Crippen LogP contribution < -0.4 is 4.74 Å². The number of hydrogen-bond donors (Lipinski definition) is 1. The number of imidazole rings is 1. The molecule has 3 rings (SSSR count). The van der Waals surface area contributed by atoms with Gasteiger partial charge in [0.15, 0.2) is 0 Å². The van der Waals surface area contributed by atoms with Gasteiger partial charge in [-0.1, -0.05) is 0 Å². The summed E-state index contributed by atoms with van der Waals surface area (Å²) >= 11 is 0. The molecule has 0 saturated heterocycles. The van der Waals surface area contributed by atoms with E-state index in [0.29, 0.717) is 13.0 Å². The molecular formula is C11H12N2O2. The number of methoxy groups -OCH3 is 1. The van der Waals surface area contributed by atoms with E-state index >= 15 is 0 Å². The van der Waals surface area contributed by atoms with Gasteiger partial charge in [0.1, 0.15) is 11.6 Å². The first kappa shape index (κ1) is 8.73. The SMILES string of the molecule is COc1ccc2c(c1)nc1n2CC(O)C1. The van der Waals surface area contributed by atoms with Gasteiger partial charge in [-0.3, -0.25) is 0 Å². The van der Waals surface area contributed by atoms with E-state index in [2.05, 4.69) is 9.55 Å². The molecule has 78 valence electrons. The molecule has 1 aliphatic rings. The molecule has 2 heterocycles. The van der Waals surface area contributed by atoms with Crippen molar-refractivity contribution in [3.63, 3.8) is 0 Å². The molecule has 0 aliphatic carbocycles. The predicted octanol–water partition coefficient (Wildman–Crippen LogP) is 0.962. The van der Waals surface area contributed by atoms with Gasteiger partial charge in [0.05, 0.1) is 30.8 Å². The molecule has 0 bridgehead atoms. The van der Waals surface area contributed by atoms with E-state index in [1.54, 1.807) is 7.11 Å². The van der Waals surface area contributed by atoms with Gasteiger partial charge in [0.2, 0.25) is 0 Å². The van der Waals surface area contributed by atoms with Crippen molar-refractivity contribution < 1.29 is 9.84 Å². The van der Waals surface area contributed by atoms with Crippen molar-refractivity contribution in [2.45, 2.75) is 19.1 Å². The maximum atomic E-state index is 9.51. The normalized spacial score (nSPS) is 19.5. The Hall–Kier alpha value is -1.55. The number of ether oxygens (including phenoxy) is 1. The van der Waals surface area contributed by atoms with E-state index < -0.39 is 0 Å². The van der Waals surface area contributed by atoms with Crippen molar-refractivity contribution in [2.75, 3.05) is 7.11 Å². The Morgan fingerprint density at radius 2 is 2.40 bits per heavy atom. The van der Waals surface area contributed by atoms with Gasteiger partial charge in [-0.2, -0.15) is 0 Å². The Bertz CT molecular complexity index is 519. The standard InChI is InChI=1S/C11H12N2O2/c1-15-8-2-3-10-9(5-8)12-11-4-7(14)6-13(10)11/h2-3,5,7,14H,4,6H2,1H3. The minimum Gasteiger partial charge on any atom is -0.497 e. The van der Waals surface area contributed by atoms with Crippen LogP contribution in [0.5, 0.6) is 5.75 Å². The van der Waals surface area contributed by atoms with Gasteiger partial charge < -0.3 is 14.4 Å². The summed E-state index contributed by atoms with van der Waals surface area (Å²) in [5, 5.41) is 9.51. The zero-order chi connectivity index (χ0) is 10.4. The van der Waals surface area contributed by atoms with Crippen LogP contribution in [0.2, 0.25) is 0 Å². The Labute approximate surface area is 87.1 Å². The van der Waals surface area contributed by atoms with Crippen LogP contribution >= 0.6 is 0 Å². The summed E-state index contributed by atoms with van der Waals surface area (Å²) in [5.41, 5.74) is 2.01. The van der Waals surface area contributed by atoms with Gasteiger partial charge in [0, 0.05) is 12.5 Å². The largest absolute Gasteiger partial charge is 0.497 e. The van der Waals surface area contributed by atoms with Crippen molar-refractivity contribution in [1.29, 1.82) is 0 Å². The highest BCUT2D eigenvalue weighted by atomic mass is 16.5. The minimum absolute atomic E-state index is 0.279. The Kier molecular flexibility index (Phi) is 1.73. The second-order valence-corrected chi connectivity index (χ2v) is 3.85. The third-order valence-electron chi connectivity index (χ3n) is 2.85. The lowest BCUT2D eigenvalue weighted by Gasteiger charge is -2.02. The van der Waals surface area contributed by atoms with Crippen LogP contribution in [0.15, 0.2) is 18.2 Å². The molecule has 4 heteroatoms. The van der Waals surface area contributed by atoms with Crippen LogP contribution in [0.4, 0.5) is 0 Å². The quantitative estimate of drug-likeness (QED) is 0.752. The maximum absolute atomic E-state index is 9.51. The summed E-state index contributed by atoms with van der Waals surface area (Å²) in [7, 11) is 1.65. The molecule has 4 nitrogen and oxygen atoms in total. The van der Waals surface area contributed by atoms with Crippen LogP contribution in [0.3, 0.4) is 0 Å². The molecule has 0 saturated carbocycles. The van der Waals surface area contributed by atoms with Crippen LogP contribution in [-0.2, 0) is 13.0 Å². The number of aliphatic hydroxyl groups is 1. The third kappa shape index (κ3) is 1.22. The van der Waals surface area contributed by atoms with Crippen molar-refractivity contribution in [3.8, 4) is 5.75 Å². The minimum atomic E-state index is -0.279. The number of nitrogens with zero attached hydrogens (tertiary/aromatic N) is 2. The van der Waals surface area contributed by atoms with Crippen LogP contribution in [0, 0.1) is 0 Å². The molecule has 1 aromatic heterocycles. The van der Waals surface area contributed by atoms with Crippen molar-refractivity contribution >= 4 is 11.0 Å². The molecule has 0 radical (unpaired) electrons. The maximum Gasteiger partial charge on any atom is 0.121 e. The van der Waals surface area contributed by atoms with Gasteiger partial charge in [-0.15, -0.1) is 0 Å². The predicted molar refractivity (Wildman–Crippen MR) is 56.0 cm³/mol. The Balaban J connectivity index is 2.19. The van der Waals surface area contributed by atoms with Gasteiger partial charge in [0.25, 0.3) is 0 Å². The Morgan fingerprint density at radius 1 is 1.53 bits per heavy atom. The van der Waals surface area contributed by atoms with Crippen LogP contribution in [0.1, 0.15) is 5.82 Å². The second-order valence-electron chi connectivity index (χ2n) is 3.85. The average molecular weight is 204 g/mol. The van der Waals surface area contributed by atoms with E-state index in [1.807, 2.05) is 18.2 Å². The summed E-state index contributed by atoms with van der Waals surface area (Å²) in [5.74, 6) is 1.78. The van der Waals surface area contributed by atoms with Crippen molar-refractivity contribution in [3.05, 3.63) is 24.0 Å². The molecule has 1 atom stereocenters. The molecule has 1 unspecified atom stereocenters. The number of rotatable bonds is 1. The highest BCUT2D eigenvalue weighted by Gasteiger charge is 2.22. The summed E-state index contributed by atoms with van der Waals surface area (Å²) in [6, 6.07) is 5.83. The molecule has 1 aromatic carbocycles. The monoisotopic (exact) mass is 204 g/mol. The topological polar surface area (TPSA) is 47.3 Å². The summed E-state index contributed by atoms with van der Waals surface area (Å²) in [4.78, 5) is 4.48. The fraction of sp³-hybridized carbons (Fsp3) is 0.364. The molecule has 0 spiro atoms. The number of hydrogen-bond acceptors (Lipinski definition) is 3. The highest BCUT2D eigenvalue weighted by Crippen LogP contribution is 2.25. The van der Waals surface area contributed by atoms with Gasteiger partial charge in [-0.25, -0.2) is 4.98 Å². The van der Waals surface area contributed by atoms with E-state index in [9.17, 15) is 5.11 Å². The number of aromatic nitrogens is 2. The Morgan fingerprint density at radius 3 is 3.20 bits per heavy atom. The summed E-state index contributed by atoms with van der Waals surface area (Å²) in [6.07, 6.45) is 0.371. The van der Waals surface area contributed by atoms with E-state index in [0.717, 1.165) is 22.6 Å². The van der Waals surface area contributed by atoms with E-state index in [1.165, 1.54) is 0 Å². The first-order valence-corrected chi connectivity index (χ1v) is 4.99. The number of fused-ring (bicyclic) bond motifs is 3. The first-order chi connectivity index (χ1) is 7.28. The summed E-state index contributed by atoms with van der Waals surface area (Å²) in [6.45, 7) is 0.651. The average Bonchev–Trinajstić information content (AvgIpc) is 2.72. The van der Waals surface area contributed by atoms with Crippen LogP contribution in [-0.4, -0.2) is 27.9 Å². The van der Waals surface area contributed by atoms with E-state index in [4.69, 9.17) is 4.74 Å². The molecule has 0 fully saturated rings. The van der Waals surface area contributed by atoms with Crippen molar-refractivity contribution in [1.82, 2.24) is 9.55 Å². The third-order valence-corrected chi connectivity index (χ3v) is 2.85. The fourth-order valence-electron chi connectivity index (χ4n) is 2.13. The smallest absolute Gasteiger partial charge is 0.121 e. The molecule has 1 N–H and O–H groups in total. The first-order valence-electron chi connectivity index (χ1n) is 4.99. The lowest BCUT2D eigenvalue weighted by Crippen LogP contribution is -2.07. The van der Waals surface area contributed by atoms with Gasteiger partial charge in [-0.05, 0) is 12.1 Å².